The maximum absolute atomic E-state index is 13.1. The van der Waals surface area contributed by atoms with Gasteiger partial charge in [0, 0.05) is 30.1 Å². The standard InChI is InChI=1S/C23H21N5O/c1-16-8-10-18(11-9-16)14-25-23-26-21(20-7-4-12-24-15-20)27-28(23)22(29)19-6-3-5-17(2)13-19/h3-13,15H,14H2,1-2H3,(H,25,26,27). The van der Waals surface area contributed by atoms with Gasteiger partial charge < -0.3 is 5.32 Å². The second-order valence-corrected chi connectivity index (χ2v) is 6.93. The van der Waals surface area contributed by atoms with Crippen LogP contribution in [0.15, 0.2) is 73.1 Å². The van der Waals surface area contributed by atoms with Gasteiger partial charge in [-0.25, -0.2) is 0 Å². The van der Waals surface area contributed by atoms with Crippen LogP contribution in [0.5, 0.6) is 0 Å². The van der Waals surface area contributed by atoms with Gasteiger partial charge in [-0.15, -0.1) is 5.10 Å². The highest BCUT2D eigenvalue weighted by molar-refractivity contribution is 5.97. The van der Waals surface area contributed by atoms with Crippen molar-refractivity contribution in [2.75, 3.05) is 5.32 Å². The molecule has 6 heteroatoms. The Balaban J connectivity index is 1.68. The van der Waals surface area contributed by atoms with Crippen molar-refractivity contribution in [3.63, 3.8) is 0 Å². The van der Waals surface area contributed by atoms with Crippen molar-refractivity contribution in [3.05, 3.63) is 95.3 Å². The molecule has 1 N–H and O–H groups in total. The van der Waals surface area contributed by atoms with Gasteiger partial charge in [-0.05, 0) is 43.7 Å². The normalized spacial score (nSPS) is 10.7. The number of pyridine rings is 1. The molecule has 29 heavy (non-hydrogen) atoms. The third-order valence-electron chi connectivity index (χ3n) is 4.56. The maximum atomic E-state index is 13.1. The molecule has 6 nitrogen and oxygen atoms in total. The Labute approximate surface area is 169 Å². The Morgan fingerprint density at radius 3 is 2.55 bits per heavy atom. The van der Waals surface area contributed by atoms with E-state index >= 15 is 0 Å². The molecular formula is C23H21N5O. The van der Waals surface area contributed by atoms with E-state index in [1.807, 2.05) is 49.4 Å². The molecule has 2 aromatic heterocycles. The number of hydrogen-bond donors (Lipinski definition) is 1. The molecule has 0 atom stereocenters. The first-order chi connectivity index (χ1) is 14.1. The first-order valence-electron chi connectivity index (χ1n) is 9.38. The average Bonchev–Trinajstić information content (AvgIpc) is 3.18. The number of benzene rings is 2. The van der Waals surface area contributed by atoms with Gasteiger partial charge in [-0.1, -0.05) is 47.5 Å². The number of anilines is 1. The highest BCUT2D eigenvalue weighted by Crippen LogP contribution is 2.19. The highest BCUT2D eigenvalue weighted by atomic mass is 16.2. The van der Waals surface area contributed by atoms with Crippen molar-refractivity contribution in [3.8, 4) is 11.4 Å². The molecule has 0 saturated carbocycles. The quantitative estimate of drug-likeness (QED) is 0.557. The average molecular weight is 383 g/mol. The van der Waals surface area contributed by atoms with Crippen LogP contribution in [0.2, 0.25) is 0 Å². The molecule has 0 unspecified atom stereocenters. The third kappa shape index (κ3) is 4.21. The van der Waals surface area contributed by atoms with Gasteiger partial charge in [0.15, 0.2) is 5.82 Å². The van der Waals surface area contributed by atoms with Gasteiger partial charge >= 0.3 is 0 Å². The van der Waals surface area contributed by atoms with E-state index in [9.17, 15) is 4.79 Å². The second kappa shape index (κ2) is 8.06. The van der Waals surface area contributed by atoms with Crippen LogP contribution < -0.4 is 5.32 Å². The molecule has 0 aliphatic carbocycles. The number of carbonyl (C=O) groups is 1. The van der Waals surface area contributed by atoms with E-state index < -0.39 is 0 Å². The molecule has 0 amide bonds. The van der Waals surface area contributed by atoms with E-state index in [-0.39, 0.29) is 5.91 Å². The molecule has 4 rings (SSSR count). The summed E-state index contributed by atoms with van der Waals surface area (Å²) in [6.45, 7) is 4.54. The van der Waals surface area contributed by atoms with Crippen molar-refractivity contribution < 1.29 is 4.79 Å². The number of rotatable bonds is 5. The zero-order valence-electron chi connectivity index (χ0n) is 16.3. The van der Waals surface area contributed by atoms with E-state index in [1.54, 1.807) is 18.5 Å². The summed E-state index contributed by atoms with van der Waals surface area (Å²) >= 11 is 0. The van der Waals surface area contributed by atoms with E-state index in [0.29, 0.717) is 23.9 Å². The van der Waals surface area contributed by atoms with E-state index in [0.717, 1.165) is 16.7 Å². The lowest BCUT2D eigenvalue weighted by Gasteiger charge is -2.08. The van der Waals surface area contributed by atoms with Gasteiger partial charge in [0.05, 0.1) is 0 Å². The second-order valence-electron chi connectivity index (χ2n) is 6.93. The fraction of sp³-hybridized carbons (Fsp3) is 0.130. The molecule has 4 aromatic rings. The van der Waals surface area contributed by atoms with Crippen molar-refractivity contribution in [1.29, 1.82) is 0 Å². The SMILES string of the molecule is Cc1ccc(CNc2nc(-c3cccnc3)nn2C(=O)c2cccc(C)c2)cc1. The molecule has 0 fully saturated rings. The topological polar surface area (TPSA) is 72.7 Å². The number of aromatic nitrogens is 4. The molecule has 2 aromatic carbocycles. The number of nitrogens with one attached hydrogen (secondary N) is 1. The molecule has 144 valence electrons. The van der Waals surface area contributed by atoms with Gasteiger partial charge in [0.1, 0.15) is 0 Å². The fourth-order valence-electron chi connectivity index (χ4n) is 2.97. The predicted molar refractivity (Wildman–Crippen MR) is 113 cm³/mol. The lowest BCUT2D eigenvalue weighted by atomic mass is 10.1. The number of nitrogens with zero attached hydrogens (tertiary/aromatic N) is 4. The number of carbonyl (C=O) groups excluding carboxylic acids is 1. The van der Waals surface area contributed by atoms with Crippen molar-refractivity contribution in [2.45, 2.75) is 20.4 Å². The minimum Gasteiger partial charge on any atom is -0.350 e. The highest BCUT2D eigenvalue weighted by Gasteiger charge is 2.19. The van der Waals surface area contributed by atoms with Gasteiger partial charge in [0.25, 0.3) is 5.91 Å². The minimum absolute atomic E-state index is 0.234. The largest absolute Gasteiger partial charge is 0.350 e. The summed E-state index contributed by atoms with van der Waals surface area (Å²) in [6, 6.07) is 19.3. The van der Waals surface area contributed by atoms with Crippen LogP contribution >= 0.6 is 0 Å². The molecule has 0 saturated heterocycles. The van der Waals surface area contributed by atoms with Crippen molar-refractivity contribution in [1.82, 2.24) is 19.7 Å². The summed E-state index contributed by atoms with van der Waals surface area (Å²) in [4.78, 5) is 21.8. The summed E-state index contributed by atoms with van der Waals surface area (Å²) in [6.07, 6.45) is 3.37. The van der Waals surface area contributed by atoms with E-state index in [1.165, 1.54) is 10.2 Å². The van der Waals surface area contributed by atoms with Gasteiger partial charge in [0.2, 0.25) is 5.95 Å². The molecule has 0 aliphatic heterocycles. The summed E-state index contributed by atoms with van der Waals surface area (Å²) in [5.74, 6) is 0.615. The Morgan fingerprint density at radius 1 is 1.00 bits per heavy atom. The van der Waals surface area contributed by atoms with E-state index in [2.05, 4.69) is 39.4 Å². The summed E-state index contributed by atoms with van der Waals surface area (Å²) < 4.78 is 1.32. The van der Waals surface area contributed by atoms with Crippen LogP contribution in [0.4, 0.5) is 5.95 Å². The molecule has 0 bridgehead atoms. The Morgan fingerprint density at radius 2 is 1.83 bits per heavy atom. The predicted octanol–water partition coefficient (Wildman–Crippen LogP) is 4.26. The van der Waals surface area contributed by atoms with Crippen LogP contribution in [0.1, 0.15) is 27.0 Å². The zero-order chi connectivity index (χ0) is 20.2. The summed E-state index contributed by atoms with van der Waals surface area (Å²) in [5, 5.41) is 7.72. The van der Waals surface area contributed by atoms with Crippen LogP contribution in [0, 0.1) is 13.8 Å². The molecule has 0 radical (unpaired) electrons. The lowest BCUT2D eigenvalue weighted by molar-refractivity contribution is 0.0947. The van der Waals surface area contributed by atoms with E-state index in [4.69, 9.17) is 0 Å². The van der Waals surface area contributed by atoms with Crippen LogP contribution in [-0.2, 0) is 6.54 Å². The number of aryl methyl sites for hydroxylation is 2. The molecule has 0 spiro atoms. The maximum Gasteiger partial charge on any atom is 0.281 e. The van der Waals surface area contributed by atoms with Crippen molar-refractivity contribution >= 4 is 11.9 Å². The van der Waals surface area contributed by atoms with Gasteiger partial charge in [-0.3, -0.25) is 9.78 Å². The summed E-state index contributed by atoms with van der Waals surface area (Å²) in [7, 11) is 0. The first-order valence-corrected chi connectivity index (χ1v) is 9.38. The molecule has 0 aliphatic rings. The molecule has 2 heterocycles. The Bertz CT molecular complexity index is 1130. The lowest BCUT2D eigenvalue weighted by Crippen LogP contribution is -2.17. The number of hydrogen-bond acceptors (Lipinski definition) is 5. The monoisotopic (exact) mass is 383 g/mol. The van der Waals surface area contributed by atoms with Crippen LogP contribution in [0.3, 0.4) is 0 Å². The Hall–Kier alpha value is -3.80. The first kappa shape index (κ1) is 18.6. The minimum atomic E-state index is -0.234. The van der Waals surface area contributed by atoms with Gasteiger partial charge in [-0.2, -0.15) is 9.67 Å². The smallest absolute Gasteiger partial charge is 0.281 e. The molecular weight excluding hydrogens is 362 g/mol. The van der Waals surface area contributed by atoms with Crippen LogP contribution in [0.25, 0.3) is 11.4 Å². The fourth-order valence-corrected chi connectivity index (χ4v) is 2.97. The zero-order valence-corrected chi connectivity index (χ0v) is 16.3. The van der Waals surface area contributed by atoms with Crippen LogP contribution in [-0.4, -0.2) is 25.7 Å². The summed E-state index contributed by atoms with van der Waals surface area (Å²) in [5.41, 5.74) is 4.62. The third-order valence-corrected chi connectivity index (χ3v) is 4.56. The Kier molecular flexibility index (Phi) is 5.16. The van der Waals surface area contributed by atoms with Crippen molar-refractivity contribution in [2.24, 2.45) is 0 Å².